The molecular weight excluding hydrogens is 353 g/mol. The first kappa shape index (κ1) is 17.0. The number of hydrogen-bond acceptors (Lipinski definition) is 3. The first-order valence-corrected chi connectivity index (χ1v) is 11.5. The fourth-order valence-electron chi connectivity index (χ4n) is 3.86. The Hall–Kier alpha value is -1.42. The SMILES string of the molecule is COc1ccc(P2C[C@H]3C[C@H]2CN3S(=O)(=O)c2ccc(C)cc2)cc1. The van der Waals surface area contributed by atoms with E-state index in [1.165, 1.54) is 5.30 Å². The predicted octanol–water partition coefficient (Wildman–Crippen LogP) is 2.96. The minimum absolute atomic E-state index is 0.143. The maximum atomic E-state index is 13.0. The van der Waals surface area contributed by atoms with Gasteiger partial charge < -0.3 is 4.74 Å². The lowest BCUT2D eigenvalue weighted by Gasteiger charge is -2.31. The van der Waals surface area contributed by atoms with Crippen LogP contribution in [-0.4, -0.2) is 44.2 Å². The Bertz CT molecular complexity index is 865. The fourth-order valence-corrected chi connectivity index (χ4v) is 8.90. The van der Waals surface area contributed by atoms with Gasteiger partial charge in [0.05, 0.1) is 12.0 Å². The molecule has 2 saturated heterocycles. The molecule has 2 aromatic carbocycles. The Morgan fingerprint density at radius 1 is 1.08 bits per heavy atom. The Morgan fingerprint density at radius 3 is 2.32 bits per heavy atom. The standard InChI is InChI=1S/C19H22NO3PS/c1-14-3-9-19(10-4-14)25(21,22)20-12-18-11-15(20)13-24(18)17-7-5-16(23-2)6-8-17/h3-10,15,18H,11-13H2,1-2H3/t15-,18+,24?/m1/s1. The number of ether oxygens (including phenoxy) is 1. The van der Waals surface area contributed by atoms with Crippen LogP contribution in [0.15, 0.2) is 53.4 Å². The van der Waals surface area contributed by atoms with Crippen LogP contribution >= 0.6 is 7.92 Å². The Balaban J connectivity index is 1.53. The minimum atomic E-state index is -3.38. The Morgan fingerprint density at radius 2 is 1.76 bits per heavy atom. The van der Waals surface area contributed by atoms with Crippen LogP contribution in [-0.2, 0) is 10.0 Å². The third kappa shape index (κ3) is 2.99. The van der Waals surface area contributed by atoms with Crippen molar-refractivity contribution in [1.29, 1.82) is 0 Å². The van der Waals surface area contributed by atoms with Gasteiger partial charge in [0.1, 0.15) is 5.75 Å². The van der Waals surface area contributed by atoms with E-state index in [1.807, 2.05) is 31.2 Å². The van der Waals surface area contributed by atoms with Crippen molar-refractivity contribution in [3.05, 3.63) is 54.1 Å². The maximum Gasteiger partial charge on any atom is 0.243 e. The fraction of sp³-hybridized carbons (Fsp3) is 0.368. The summed E-state index contributed by atoms with van der Waals surface area (Å²) in [6.45, 7) is 2.62. The second-order valence-corrected chi connectivity index (χ2v) is 11.2. The molecule has 6 heteroatoms. The molecule has 2 fully saturated rings. The van der Waals surface area contributed by atoms with Crippen molar-refractivity contribution < 1.29 is 13.2 Å². The van der Waals surface area contributed by atoms with Gasteiger partial charge in [0.2, 0.25) is 10.0 Å². The molecule has 3 atom stereocenters. The molecule has 0 saturated carbocycles. The van der Waals surface area contributed by atoms with E-state index in [-0.39, 0.29) is 14.0 Å². The van der Waals surface area contributed by atoms with Crippen molar-refractivity contribution in [3.8, 4) is 5.75 Å². The monoisotopic (exact) mass is 375 g/mol. The van der Waals surface area contributed by atoms with Gasteiger partial charge in [0.25, 0.3) is 0 Å². The molecular formula is C19H22NO3PS. The van der Waals surface area contributed by atoms with Crippen molar-refractivity contribution in [3.63, 3.8) is 0 Å². The van der Waals surface area contributed by atoms with Gasteiger partial charge >= 0.3 is 0 Å². The first-order valence-electron chi connectivity index (χ1n) is 8.48. The zero-order valence-electron chi connectivity index (χ0n) is 14.4. The molecule has 0 amide bonds. The Kier molecular flexibility index (Phi) is 4.35. The van der Waals surface area contributed by atoms with Gasteiger partial charge in [0.15, 0.2) is 0 Å². The predicted molar refractivity (Wildman–Crippen MR) is 102 cm³/mol. The highest BCUT2D eigenvalue weighted by Gasteiger charge is 2.49. The zero-order valence-corrected chi connectivity index (χ0v) is 16.1. The second kappa shape index (κ2) is 6.39. The molecule has 0 aromatic heterocycles. The van der Waals surface area contributed by atoms with Crippen molar-refractivity contribution in [1.82, 2.24) is 4.31 Å². The molecule has 2 bridgehead atoms. The van der Waals surface area contributed by atoms with Crippen LogP contribution in [0.4, 0.5) is 0 Å². The number of methoxy groups -OCH3 is 1. The topological polar surface area (TPSA) is 46.6 Å². The van der Waals surface area contributed by atoms with E-state index in [2.05, 4.69) is 12.1 Å². The third-order valence-electron chi connectivity index (χ3n) is 5.22. The van der Waals surface area contributed by atoms with Crippen LogP contribution in [0.2, 0.25) is 0 Å². The van der Waals surface area contributed by atoms with Crippen LogP contribution in [0.5, 0.6) is 5.75 Å². The molecule has 132 valence electrons. The van der Waals surface area contributed by atoms with Gasteiger partial charge in [-0.2, -0.15) is 4.31 Å². The summed E-state index contributed by atoms with van der Waals surface area (Å²) in [7, 11) is -1.99. The number of hydrogen-bond donors (Lipinski definition) is 0. The van der Waals surface area contributed by atoms with Crippen molar-refractivity contribution in [2.24, 2.45) is 0 Å². The maximum absolute atomic E-state index is 13.0. The number of fused-ring (bicyclic) bond motifs is 2. The summed E-state index contributed by atoms with van der Waals surface area (Å²) in [6, 6.07) is 15.6. The quantitative estimate of drug-likeness (QED) is 0.772. The lowest BCUT2D eigenvalue weighted by molar-refractivity contribution is 0.408. The normalized spacial score (nSPS) is 26.1. The highest BCUT2D eigenvalue weighted by molar-refractivity contribution is 7.89. The molecule has 0 radical (unpaired) electrons. The Labute approximate surface area is 150 Å². The minimum Gasteiger partial charge on any atom is -0.497 e. The smallest absolute Gasteiger partial charge is 0.243 e. The number of nitrogens with zero attached hydrogens (tertiary/aromatic N) is 1. The summed E-state index contributed by atoms with van der Waals surface area (Å²) in [5.41, 5.74) is 1.54. The molecule has 2 heterocycles. The number of sulfonamides is 1. The van der Waals surface area contributed by atoms with Gasteiger partial charge in [-0.05, 0) is 54.7 Å². The zero-order chi connectivity index (χ0) is 17.6. The lowest BCUT2D eigenvalue weighted by atomic mass is 10.2. The summed E-state index contributed by atoms with van der Waals surface area (Å²) in [5.74, 6) is 0.867. The molecule has 25 heavy (non-hydrogen) atoms. The number of rotatable bonds is 4. The van der Waals surface area contributed by atoms with Crippen molar-refractivity contribution >= 4 is 23.2 Å². The molecule has 0 aliphatic carbocycles. The average molecular weight is 375 g/mol. The molecule has 0 spiro atoms. The molecule has 1 unspecified atom stereocenters. The largest absolute Gasteiger partial charge is 0.497 e. The molecule has 0 N–H and O–H groups in total. The van der Waals surface area contributed by atoms with Gasteiger partial charge in [-0.1, -0.05) is 37.8 Å². The van der Waals surface area contributed by atoms with Crippen LogP contribution in [0, 0.1) is 6.92 Å². The van der Waals surface area contributed by atoms with E-state index < -0.39 is 10.0 Å². The molecule has 2 aliphatic rings. The van der Waals surface area contributed by atoms with Gasteiger partial charge in [-0.3, -0.25) is 0 Å². The lowest BCUT2D eigenvalue weighted by Crippen LogP contribution is -2.40. The van der Waals surface area contributed by atoms with E-state index >= 15 is 0 Å². The summed E-state index contributed by atoms with van der Waals surface area (Å²) < 4.78 is 32.9. The highest BCUT2D eigenvalue weighted by Crippen LogP contribution is 2.55. The first-order chi connectivity index (χ1) is 12.0. The summed E-state index contributed by atoms with van der Waals surface area (Å²) in [4.78, 5) is 0.416. The van der Waals surface area contributed by atoms with E-state index in [0.717, 1.165) is 23.9 Å². The molecule has 4 rings (SSSR count). The van der Waals surface area contributed by atoms with Crippen molar-refractivity contribution in [2.75, 3.05) is 19.8 Å². The molecule has 2 aromatic rings. The van der Waals surface area contributed by atoms with Crippen LogP contribution in [0.1, 0.15) is 12.0 Å². The van der Waals surface area contributed by atoms with Crippen LogP contribution in [0.25, 0.3) is 0 Å². The van der Waals surface area contributed by atoms with E-state index in [4.69, 9.17) is 4.74 Å². The molecule has 4 nitrogen and oxygen atoms in total. The van der Waals surface area contributed by atoms with Crippen LogP contribution in [0.3, 0.4) is 0 Å². The summed E-state index contributed by atoms with van der Waals surface area (Å²) in [6.07, 6.45) is 1.96. The highest BCUT2D eigenvalue weighted by atomic mass is 32.2. The van der Waals surface area contributed by atoms with Crippen LogP contribution < -0.4 is 10.0 Å². The summed E-state index contributed by atoms with van der Waals surface area (Å²) >= 11 is 0. The molecule has 2 aliphatic heterocycles. The second-order valence-electron chi connectivity index (χ2n) is 6.78. The average Bonchev–Trinajstić information content (AvgIpc) is 3.23. The third-order valence-corrected chi connectivity index (χ3v) is 10.2. The van der Waals surface area contributed by atoms with Gasteiger partial charge in [-0.15, -0.1) is 0 Å². The number of benzene rings is 2. The van der Waals surface area contributed by atoms with E-state index in [0.29, 0.717) is 17.1 Å². The van der Waals surface area contributed by atoms with E-state index in [1.54, 1.807) is 23.5 Å². The summed E-state index contributed by atoms with van der Waals surface area (Å²) in [5, 5.41) is 1.36. The van der Waals surface area contributed by atoms with Gasteiger partial charge in [0, 0.05) is 12.6 Å². The van der Waals surface area contributed by atoms with E-state index in [9.17, 15) is 8.42 Å². The van der Waals surface area contributed by atoms with Crippen molar-refractivity contribution in [2.45, 2.75) is 29.9 Å². The van der Waals surface area contributed by atoms with Gasteiger partial charge in [-0.25, -0.2) is 8.42 Å². The number of aryl methyl sites for hydroxylation is 1.